The van der Waals surface area contributed by atoms with E-state index in [0.717, 1.165) is 32.1 Å². The number of unbranched alkanes of at least 4 members (excludes halogenated alkanes) is 10. The normalized spacial score (nSPS) is 13.4. The van der Waals surface area contributed by atoms with Crippen molar-refractivity contribution < 1.29 is 28.8 Å². The van der Waals surface area contributed by atoms with Crippen molar-refractivity contribution in [2.45, 2.75) is 161 Å². The summed E-state index contributed by atoms with van der Waals surface area (Å²) in [5.41, 5.74) is 16.8. The molecular formula is C34H66N8O6. The maximum Gasteiger partial charge on any atom is 0.243 e. The van der Waals surface area contributed by atoms with Crippen LogP contribution in [0.2, 0.25) is 0 Å². The molecule has 278 valence electrons. The lowest BCUT2D eigenvalue weighted by molar-refractivity contribution is -0.133. The van der Waals surface area contributed by atoms with E-state index in [4.69, 9.17) is 17.2 Å². The summed E-state index contributed by atoms with van der Waals surface area (Å²) < 4.78 is 0. The quantitative estimate of drug-likeness (QED) is 0.0516. The highest BCUT2D eigenvalue weighted by Gasteiger charge is 2.28. The zero-order chi connectivity index (χ0) is 36.2. The fourth-order valence-electron chi connectivity index (χ4n) is 5.40. The topological polar surface area (TPSA) is 241 Å². The fourth-order valence-corrected chi connectivity index (χ4v) is 5.40. The number of nitrogens with two attached hydrogens (primary N) is 3. The van der Waals surface area contributed by atoms with Crippen molar-refractivity contribution in [3.8, 4) is 0 Å². The third kappa shape index (κ3) is 23.1. The fraction of sp³-hybridized carbons (Fsp3) is 0.824. The highest BCUT2D eigenvalue weighted by atomic mass is 16.2. The number of primary amides is 1. The summed E-state index contributed by atoms with van der Waals surface area (Å²) in [5.74, 6) is -2.66. The maximum atomic E-state index is 13.5. The van der Waals surface area contributed by atoms with Crippen LogP contribution in [0.4, 0.5) is 0 Å². The van der Waals surface area contributed by atoms with E-state index in [1.165, 1.54) is 39.5 Å². The van der Waals surface area contributed by atoms with E-state index in [9.17, 15) is 28.8 Å². The molecule has 4 unspecified atom stereocenters. The van der Waals surface area contributed by atoms with Crippen molar-refractivity contribution in [3.63, 3.8) is 0 Å². The van der Waals surface area contributed by atoms with Gasteiger partial charge in [0.05, 0.1) is 0 Å². The van der Waals surface area contributed by atoms with E-state index in [0.29, 0.717) is 71.0 Å². The second kappa shape index (κ2) is 28.7. The molecule has 14 nitrogen and oxygen atoms in total. The highest BCUT2D eigenvalue weighted by molar-refractivity contribution is 5.93. The number of carbonyl (C=O) groups is 6. The Balaban J connectivity index is 5.39. The van der Waals surface area contributed by atoms with Crippen LogP contribution in [0.25, 0.3) is 0 Å². The Hall–Kier alpha value is -3.26. The summed E-state index contributed by atoms with van der Waals surface area (Å²) in [6.45, 7) is 6.10. The number of amides is 6. The van der Waals surface area contributed by atoms with Crippen molar-refractivity contribution in [1.29, 1.82) is 0 Å². The van der Waals surface area contributed by atoms with Gasteiger partial charge in [-0.15, -0.1) is 0 Å². The summed E-state index contributed by atoms with van der Waals surface area (Å²) >= 11 is 0. The number of hydrogen-bond donors (Lipinski definition) is 8. The summed E-state index contributed by atoms with van der Waals surface area (Å²) in [7, 11) is 0. The zero-order valence-electron chi connectivity index (χ0n) is 29.8. The molecular weight excluding hydrogens is 616 g/mol. The first-order valence-electron chi connectivity index (χ1n) is 18.1. The van der Waals surface area contributed by atoms with Gasteiger partial charge in [-0.25, -0.2) is 0 Å². The lowest BCUT2D eigenvalue weighted by atomic mass is 10.0. The van der Waals surface area contributed by atoms with Crippen LogP contribution in [-0.4, -0.2) is 79.2 Å². The predicted octanol–water partition coefficient (Wildman–Crippen LogP) is 1.53. The lowest BCUT2D eigenvalue weighted by Gasteiger charge is -2.25. The molecule has 0 aliphatic carbocycles. The third-order valence-electron chi connectivity index (χ3n) is 8.14. The summed E-state index contributed by atoms with van der Waals surface area (Å²) in [6.07, 6.45) is 13.8. The SMILES string of the molecule is CCCCCCCCCCC(NC(=O)C(CCCCNC(=O)C(CCCCN)NC(C)=O)NC(=O)C(CCCCN)NC(C)=O)C(N)=O. The third-order valence-corrected chi connectivity index (χ3v) is 8.14. The standard InChI is InChI=1S/C34H66N8O6/c1-4-5-6-7-8-9-10-11-18-27(31(37)45)41-34(48)30(42-33(47)29(40-26(3)44)20-13-16-23-36)21-14-17-24-38-32(46)28(39-25(2)43)19-12-15-22-35/h27-30H,4-24,35-36H2,1-3H3,(H2,37,45)(H,38,46)(H,39,43)(H,40,44)(H,41,48)(H,42,47). The summed E-state index contributed by atoms with van der Waals surface area (Å²) in [6, 6.07) is -3.39. The van der Waals surface area contributed by atoms with Crippen LogP contribution in [0.3, 0.4) is 0 Å². The number of carbonyl (C=O) groups excluding carboxylic acids is 6. The molecule has 0 aromatic carbocycles. The van der Waals surface area contributed by atoms with Gasteiger partial charge in [-0.05, 0) is 77.3 Å². The second-order valence-corrected chi connectivity index (χ2v) is 12.7. The molecule has 6 amide bonds. The van der Waals surface area contributed by atoms with Gasteiger partial charge in [-0.2, -0.15) is 0 Å². The predicted molar refractivity (Wildman–Crippen MR) is 188 cm³/mol. The van der Waals surface area contributed by atoms with E-state index in [1.54, 1.807) is 0 Å². The minimum atomic E-state index is -0.997. The van der Waals surface area contributed by atoms with Gasteiger partial charge in [-0.1, -0.05) is 58.3 Å². The first-order valence-corrected chi connectivity index (χ1v) is 18.1. The zero-order valence-corrected chi connectivity index (χ0v) is 29.8. The molecule has 0 aromatic rings. The Morgan fingerprint density at radius 1 is 0.479 bits per heavy atom. The summed E-state index contributed by atoms with van der Waals surface area (Å²) in [5, 5.41) is 13.7. The molecule has 4 atom stereocenters. The van der Waals surface area contributed by atoms with E-state index in [-0.39, 0.29) is 24.1 Å². The van der Waals surface area contributed by atoms with Crippen molar-refractivity contribution >= 4 is 35.4 Å². The highest BCUT2D eigenvalue weighted by Crippen LogP contribution is 2.12. The molecule has 0 aliphatic rings. The van der Waals surface area contributed by atoms with Gasteiger partial charge in [0, 0.05) is 20.4 Å². The average molecular weight is 683 g/mol. The van der Waals surface area contributed by atoms with E-state index < -0.39 is 41.9 Å². The molecule has 0 fully saturated rings. The van der Waals surface area contributed by atoms with Gasteiger partial charge in [0.25, 0.3) is 0 Å². The van der Waals surface area contributed by atoms with E-state index >= 15 is 0 Å². The molecule has 11 N–H and O–H groups in total. The van der Waals surface area contributed by atoms with Gasteiger partial charge in [0.15, 0.2) is 0 Å². The van der Waals surface area contributed by atoms with Crippen molar-refractivity contribution in [1.82, 2.24) is 26.6 Å². The maximum absolute atomic E-state index is 13.5. The lowest BCUT2D eigenvalue weighted by Crippen LogP contribution is -2.56. The van der Waals surface area contributed by atoms with E-state index in [1.807, 2.05) is 0 Å². The van der Waals surface area contributed by atoms with Crippen LogP contribution < -0.4 is 43.8 Å². The van der Waals surface area contributed by atoms with Gasteiger partial charge in [-0.3, -0.25) is 28.8 Å². The second-order valence-electron chi connectivity index (χ2n) is 12.7. The smallest absolute Gasteiger partial charge is 0.243 e. The Kier molecular flexibility index (Phi) is 26.8. The molecule has 0 aliphatic heterocycles. The minimum Gasteiger partial charge on any atom is -0.368 e. The molecule has 0 saturated carbocycles. The Labute approximate surface area is 288 Å². The van der Waals surface area contributed by atoms with Crippen molar-refractivity contribution in [2.24, 2.45) is 17.2 Å². The van der Waals surface area contributed by atoms with Gasteiger partial charge < -0.3 is 43.8 Å². The van der Waals surface area contributed by atoms with Crippen LogP contribution in [-0.2, 0) is 28.8 Å². The molecule has 0 bridgehead atoms. The van der Waals surface area contributed by atoms with Gasteiger partial charge in [0.2, 0.25) is 35.4 Å². The molecule has 0 saturated heterocycles. The molecule has 0 rings (SSSR count). The Morgan fingerprint density at radius 2 is 0.854 bits per heavy atom. The molecule has 0 heterocycles. The van der Waals surface area contributed by atoms with Crippen LogP contribution in [0, 0.1) is 0 Å². The molecule has 48 heavy (non-hydrogen) atoms. The van der Waals surface area contributed by atoms with E-state index in [2.05, 4.69) is 33.5 Å². The molecule has 0 aromatic heterocycles. The molecule has 0 radical (unpaired) electrons. The monoisotopic (exact) mass is 683 g/mol. The van der Waals surface area contributed by atoms with Crippen molar-refractivity contribution in [3.05, 3.63) is 0 Å². The Bertz CT molecular complexity index is 951. The van der Waals surface area contributed by atoms with Crippen molar-refractivity contribution in [2.75, 3.05) is 19.6 Å². The van der Waals surface area contributed by atoms with Crippen LogP contribution in [0.5, 0.6) is 0 Å². The van der Waals surface area contributed by atoms with Gasteiger partial charge in [0.1, 0.15) is 24.2 Å². The number of nitrogens with one attached hydrogen (secondary N) is 5. The minimum absolute atomic E-state index is 0.220. The number of hydrogen-bond acceptors (Lipinski definition) is 8. The van der Waals surface area contributed by atoms with Gasteiger partial charge >= 0.3 is 0 Å². The molecule has 0 spiro atoms. The number of rotatable bonds is 30. The van der Waals surface area contributed by atoms with Crippen LogP contribution >= 0.6 is 0 Å². The average Bonchev–Trinajstić information content (AvgIpc) is 3.03. The van der Waals surface area contributed by atoms with Crippen LogP contribution in [0.15, 0.2) is 0 Å². The largest absolute Gasteiger partial charge is 0.368 e. The first-order chi connectivity index (χ1) is 23.0. The molecule has 14 heteroatoms. The first kappa shape index (κ1) is 44.7. The summed E-state index contributed by atoms with van der Waals surface area (Å²) in [4.78, 5) is 75.1. The van der Waals surface area contributed by atoms with Crippen LogP contribution in [0.1, 0.15) is 136 Å². The Morgan fingerprint density at radius 3 is 1.31 bits per heavy atom.